The van der Waals surface area contributed by atoms with Crippen molar-refractivity contribution in [3.05, 3.63) is 5.51 Å². The molecule has 1 aromatic heterocycles. The molecule has 22 heavy (non-hydrogen) atoms. The van der Waals surface area contributed by atoms with Crippen molar-refractivity contribution in [2.24, 2.45) is 5.92 Å². The molecule has 0 saturated carbocycles. The molecule has 1 amide bonds. The van der Waals surface area contributed by atoms with Crippen molar-refractivity contribution in [1.29, 1.82) is 0 Å². The number of aromatic nitrogens is 2. The first-order valence-electron chi connectivity index (χ1n) is 8.01. The smallest absolute Gasteiger partial charge is 0.220 e. The predicted octanol–water partition coefficient (Wildman–Crippen LogP) is 1.83. The Morgan fingerprint density at radius 3 is 2.95 bits per heavy atom. The minimum Gasteiger partial charge on any atom is -0.375 e. The molecule has 3 rings (SSSR count). The molecule has 2 aliphatic rings. The van der Waals surface area contributed by atoms with Crippen molar-refractivity contribution in [1.82, 2.24) is 15.5 Å². The fourth-order valence-electron chi connectivity index (χ4n) is 3.47. The van der Waals surface area contributed by atoms with Crippen molar-refractivity contribution in [2.45, 2.75) is 51.2 Å². The van der Waals surface area contributed by atoms with Gasteiger partial charge in [-0.15, -0.1) is 10.2 Å². The van der Waals surface area contributed by atoms with E-state index in [9.17, 15) is 4.79 Å². The van der Waals surface area contributed by atoms with Crippen LogP contribution >= 0.6 is 11.3 Å². The van der Waals surface area contributed by atoms with Crippen LogP contribution in [0, 0.1) is 5.92 Å². The number of piperidine rings is 1. The first-order chi connectivity index (χ1) is 10.6. The predicted molar refractivity (Wildman–Crippen MR) is 86.0 cm³/mol. The van der Waals surface area contributed by atoms with Gasteiger partial charge < -0.3 is 15.0 Å². The average molecular weight is 324 g/mol. The molecule has 122 valence electrons. The Morgan fingerprint density at radius 1 is 1.55 bits per heavy atom. The van der Waals surface area contributed by atoms with E-state index >= 15 is 0 Å². The van der Waals surface area contributed by atoms with Crippen LogP contribution in [0.1, 0.15) is 39.5 Å². The van der Waals surface area contributed by atoms with E-state index in [0.717, 1.165) is 37.5 Å². The highest BCUT2D eigenvalue weighted by molar-refractivity contribution is 7.13. The summed E-state index contributed by atoms with van der Waals surface area (Å²) < 4.78 is 6.13. The lowest BCUT2D eigenvalue weighted by Crippen LogP contribution is -2.44. The molecule has 0 radical (unpaired) electrons. The lowest BCUT2D eigenvalue weighted by molar-refractivity contribution is -0.122. The maximum atomic E-state index is 11.9. The quantitative estimate of drug-likeness (QED) is 0.915. The summed E-state index contributed by atoms with van der Waals surface area (Å²) in [6.07, 6.45) is 3.60. The number of hydrogen-bond donors (Lipinski definition) is 1. The van der Waals surface area contributed by atoms with Crippen molar-refractivity contribution in [3.63, 3.8) is 0 Å². The molecule has 1 spiro atoms. The summed E-state index contributed by atoms with van der Waals surface area (Å²) in [5.41, 5.74) is 1.75. The number of anilines is 1. The normalized spacial score (nSPS) is 24.1. The van der Waals surface area contributed by atoms with E-state index < -0.39 is 0 Å². The summed E-state index contributed by atoms with van der Waals surface area (Å²) in [6, 6.07) is 0.207. The molecule has 2 fully saturated rings. The third kappa shape index (κ3) is 3.57. The summed E-state index contributed by atoms with van der Waals surface area (Å²) in [6.45, 7) is 6.62. The lowest BCUT2D eigenvalue weighted by atomic mass is 9.84. The Labute approximate surface area is 135 Å². The minimum absolute atomic E-state index is 0.0238. The van der Waals surface area contributed by atoms with Crippen LogP contribution in [-0.2, 0) is 9.53 Å². The van der Waals surface area contributed by atoms with Crippen LogP contribution in [0.15, 0.2) is 5.51 Å². The molecule has 1 atom stereocenters. The van der Waals surface area contributed by atoms with E-state index in [-0.39, 0.29) is 17.6 Å². The van der Waals surface area contributed by atoms with Gasteiger partial charge in [0.2, 0.25) is 11.0 Å². The molecule has 0 aliphatic carbocycles. The van der Waals surface area contributed by atoms with Crippen LogP contribution < -0.4 is 10.2 Å². The van der Waals surface area contributed by atoms with Gasteiger partial charge in [0.25, 0.3) is 0 Å². The first kappa shape index (κ1) is 15.7. The van der Waals surface area contributed by atoms with Gasteiger partial charge in [-0.1, -0.05) is 11.3 Å². The van der Waals surface area contributed by atoms with Gasteiger partial charge in [0, 0.05) is 25.6 Å². The van der Waals surface area contributed by atoms with Crippen molar-refractivity contribution in [2.75, 3.05) is 24.6 Å². The summed E-state index contributed by atoms with van der Waals surface area (Å²) in [4.78, 5) is 14.2. The Balaban J connectivity index is 1.49. The summed E-state index contributed by atoms with van der Waals surface area (Å²) in [7, 11) is 0. The molecular weight excluding hydrogens is 300 g/mol. The van der Waals surface area contributed by atoms with Gasteiger partial charge in [0.05, 0.1) is 12.2 Å². The zero-order chi connectivity index (χ0) is 15.6. The van der Waals surface area contributed by atoms with Crippen molar-refractivity contribution in [3.8, 4) is 0 Å². The molecule has 7 heteroatoms. The molecule has 1 unspecified atom stereocenters. The van der Waals surface area contributed by atoms with Crippen LogP contribution in [0.25, 0.3) is 0 Å². The first-order valence-corrected chi connectivity index (χ1v) is 8.89. The van der Waals surface area contributed by atoms with E-state index in [4.69, 9.17) is 4.74 Å². The molecule has 2 aliphatic heterocycles. The molecule has 2 saturated heterocycles. The van der Waals surface area contributed by atoms with Crippen LogP contribution in [0.2, 0.25) is 0 Å². The Bertz CT molecular complexity index is 498. The lowest BCUT2D eigenvalue weighted by Gasteiger charge is -2.38. The molecule has 1 N–H and O–H groups in total. The maximum absolute atomic E-state index is 11.9. The highest BCUT2D eigenvalue weighted by atomic mass is 32.1. The number of nitrogens with zero attached hydrogens (tertiary/aromatic N) is 3. The Kier molecular flexibility index (Phi) is 4.63. The average Bonchev–Trinajstić information content (AvgIpc) is 3.10. The highest BCUT2D eigenvalue weighted by Gasteiger charge is 2.43. The number of carbonyl (C=O) groups excluding carboxylic acids is 1. The van der Waals surface area contributed by atoms with Crippen molar-refractivity contribution < 1.29 is 9.53 Å². The van der Waals surface area contributed by atoms with Gasteiger partial charge in [0.15, 0.2) is 0 Å². The largest absolute Gasteiger partial charge is 0.375 e. The molecule has 0 bridgehead atoms. The number of nitrogens with one attached hydrogen (secondary N) is 1. The summed E-state index contributed by atoms with van der Waals surface area (Å²) in [5.74, 6) is 0.499. The van der Waals surface area contributed by atoms with Gasteiger partial charge in [-0.2, -0.15) is 0 Å². The second-order valence-corrected chi connectivity index (χ2v) is 7.51. The second-order valence-electron chi connectivity index (χ2n) is 6.70. The van der Waals surface area contributed by atoms with Crippen molar-refractivity contribution >= 4 is 22.4 Å². The number of rotatable bonds is 4. The van der Waals surface area contributed by atoms with E-state index in [1.165, 1.54) is 0 Å². The standard InChI is InChI=1S/C15H24N4O2S/c1-11(2)17-13(20)7-12-8-15(21-9-12)3-5-19(6-4-15)14-18-16-10-22-14/h10-12H,3-9H2,1-2H3,(H,17,20). The molecule has 1 aromatic rings. The molecule has 0 aromatic carbocycles. The fraction of sp³-hybridized carbons (Fsp3) is 0.800. The van der Waals surface area contributed by atoms with Crippen LogP contribution in [0.5, 0.6) is 0 Å². The maximum Gasteiger partial charge on any atom is 0.220 e. The topological polar surface area (TPSA) is 67.3 Å². The molecule has 3 heterocycles. The number of carbonyl (C=O) groups is 1. The Hall–Kier alpha value is -1.21. The molecule has 6 nitrogen and oxygen atoms in total. The number of amides is 1. The number of ether oxygens (including phenoxy) is 1. The van der Waals surface area contributed by atoms with Gasteiger partial charge in [-0.25, -0.2) is 0 Å². The van der Waals surface area contributed by atoms with E-state index in [2.05, 4.69) is 20.4 Å². The fourth-order valence-corrected chi connectivity index (χ4v) is 4.09. The van der Waals surface area contributed by atoms with E-state index in [0.29, 0.717) is 18.9 Å². The van der Waals surface area contributed by atoms with Crippen LogP contribution in [0.3, 0.4) is 0 Å². The summed E-state index contributed by atoms with van der Waals surface area (Å²) in [5, 5.41) is 12.0. The number of hydrogen-bond acceptors (Lipinski definition) is 6. The van der Waals surface area contributed by atoms with Gasteiger partial charge >= 0.3 is 0 Å². The molecular formula is C15H24N4O2S. The second kappa shape index (κ2) is 6.50. The van der Waals surface area contributed by atoms with Gasteiger partial charge in [-0.3, -0.25) is 4.79 Å². The minimum atomic E-state index is -0.0238. The van der Waals surface area contributed by atoms with Gasteiger partial charge in [0.1, 0.15) is 5.51 Å². The van der Waals surface area contributed by atoms with Crippen LogP contribution in [0.4, 0.5) is 5.13 Å². The summed E-state index contributed by atoms with van der Waals surface area (Å²) >= 11 is 1.58. The van der Waals surface area contributed by atoms with E-state index in [1.807, 2.05) is 13.8 Å². The highest BCUT2D eigenvalue weighted by Crippen LogP contribution is 2.40. The van der Waals surface area contributed by atoms with Gasteiger partial charge in [-0.05, 0) is 39.0 Å². The van der Waals surface area contributed by atoms with Crippen LogP contribution in [-0.4, -0.2) is 47.4 Å². The third-order valence-electron chi connectivity index (χ3n) is 4.50. The monoisotopic (exact) mass is 324 g/mol. The third-order valence-corrected chi connectivity index (χ3v) is 5.25. The van der Waals surface area contributed by atoms with E-state index in [1.54, 1.807) is 16.8 Å². The zero-order valence-corrected chi connectivity index (χ0v) is 14.1. The SMILES string of the molecule is CC(C)NC(=O)CC1COC2(CCN(c3nncs3)CC2)C1. The zero-order valence-electron chi connectivity index (χ0n) is 13.2. The Morgan fingerprint density at radius 2 is 2.32 bits per heavy atom.